The maximum Gasteiger partial charge on any atom is 0.243 e. The van der Waals surface area contributed by atoms with Gasteiger partial charge in [-0.3, -0.25) is 9.59 Å². The van der Waals surface area contributed by atoms with Crippen LogP contribution in [-0.4, -0.2) is 24.1 Å². The third-order valence-electron chi connectivity index (χ3n) is 3.23. The molecule has 0 saturated heterocycles. The number of aryl methyl sites for hydroxylation is 1. The van der Waals surface area contributed by atoms with Gasteiger partial charge in [-0.05, 0) is 30.2 Å². The van der Waals surface area contributed by atoms with Gasteiger partial charge in [0.15, 0.2) is 0 Å². The minimum atomic E-state index is -0.219. The molecule has 4 nitrogen and oxygen atoms in total. The molecule has 0 heterocycles. The van der Waals surface area contributed by atoms with Gasteiger partial charge in [-0.1, -0.05) is 43.3 Å². The molecular formula is C18H20N2O2S. The Labute approximate surface area is 140 Å². The minimum absolute atomic E-state index is 0.0216. The van der Waals surface area contributed by atoms with E-state index in [0.29, 0.717) is 5.75 Å². The van der Waals surface area contributed by atoms with E-state index < -0.39 is 0 Å². The molecule has 0 atom stereocenters. The van der Waals surface area contributed by atoms with Gasteiger partial charge < -0.3 is 10.6 Å². The average Bonchev–Trinajstić information content (AvgIpc) is 2.59. The summed E-state index contributed by atoms with van der Waals surface area (Å²) >= 11 is 1.45. The quantitative estimate of drug-likeness (QED) is 0.768. The molecule has 0 aromatic heterocycles. The van der Waals surface area contributed by atoms with Crippen LogP contribution >= 0.6 is 11.8 Å². The van der Waals surface area contributed by atoms with E-state index in [9.17, 15) is 9.59 Å². The zero-order valence-corrected chi connectivity index (χ0v) is 13.9. The van der Waals surface area contributed by atoms with Gasteiger partial charge in [-0.2, -0.15) is 0 Å². The first-order chi connectivity index (χ1) is 11.2. The van der Waals surface area contributed by atoms with Crippen LogP contribution in [0.5, 0.6) is 0 Å². The topological polar surface area (TPSA) is 58.2 Å². The maximum absolute atomic E-state index is 11.9. The number of amides is 2. The fourth-order valence-corrected chi connectivity index (χ4v) is 2.79. The molecule has 0 saturated carbocycles. The molecule has 0 aliphatic rings. The molecule has 2 aromatic carbocycles. The minimum Gasteiger partial charge on any atom is -0.346 e. The highest BCUT2D eigenvalue weighted by atomic mass is 32.2. The number of para-hydroxylation sites is 1. The number of rotatable bonds is 7. The molecule has 0 spiro atoms. The lowest BCUT2D eigenvalue weighted by Crippen LogP contribution is -2.34. The highest BCUT2D eigenvalue weighted by molar-refractivity contribution is 8.00. The van der Waals surface area contributed by atoms with Crippen LogP contribution in [0.25, 0.3) is 0 Å². The van der Waals surface area contributed by atoms with E-state index in [1.807, 2.05) is 61.5 Å². The van der Waals surface area contributed by atoms with Crippen LogP contribution in [0, 0.1) is 0 Å². The number of carbonyl (C=O) groups is 2. The van der Waals surface area contributed by atoms with E-state index >= 15 is 0 Å². The zero-order chi connectivity index (χ0) is 16.5. The fraction of sp³-hybridized carbons (Fsp3) is 0.222. The lowest BCUT2D eigenvalue weighted by molar-refractivity contribution is -0.122. The summed E-state index contributed by atoms with van der Waals surface area (Å²) in [7, 11) is 0. The summed E-state index contributed by atoms with van der Waals surface area (Å²) in [6.07, 6.45) is 0.844. The van der Waals surface area contributed by atoms with Crippen molar-refractivity contribution < 1.29 is 9.59 Å². The molecular weight excluding hydrogens is 308 g/mol. The van der Waals surface area contributed by atoms with Crippen molar-refractivity contribution in [3.05, 3.63) is 60.2 Å². The first-order valence-electron chi connectivity index (χ1n) is 7.51. The third-order valence-corrected chi connectivity index (χ3v) is 4.24. The number of hydrogen-bond acceptors (Lipinski definition) is 3. The molecule has 0 radical (unpaired) electrons. The van der Waals surface area contributed by atoms with Gasteiger partial charge in [-0.25, -0.2) is 0 Å². The average molecular weight is 328 g/mol. The van der Waals surface area contributed by atoms with Gasteiger partial charge in [0, 0.05) is 10.6 Å². The Kier molecular flexibility index (Phi) is 6.69. The van der Waals surface area contributed by atoms with E-state index in [0.717, 1.165) is 22.6 Å². The van der Waals surface area contributed by atoms with Crippen molar-refractivity contribution in [2.45, 2.75) is 18.2 Å². The molecule has 2 aromatic rings. The summed E-state index contributed by atoms with van der Waals surface area (Å²) in [6, 6.07) is 17.4. The Hall–Kier alpha value is -2.27. The SMILES string of the molecule is CCc1ccccc1NC(=O)CNC(=O)CSc1ccccc1. The van der Waals surface area contributed by atoms with Crippen molar-refractivity contribution in [1.82, 2.24) is 5.32 Å². The monoisotopic (exact) mass is 328 g/mol. The van der Waals surface area contributed by atoms with Gasteiger partial charge in [-0.15, -0.1) is 11.8 Å². The first-order valence-corrected chi connectivity index (χ1v) is 8.50. The smallest absolute Gasteiger partial charge is 0.243 e. The largest absolute Gasteiger partial charge is 0.346 e. The lowest BCUT2D eigenvalue weighted by atomic mass is 10.1. The van der Waals surface area contributed by atoms with Crippen LogP contribution in [0.2, 0.25) is 0 Å². The molecule has 0 unspecified atom stereocenters. The van der Waals surface area contributed by atoms with Crippen LogP contribution in [-0.2, 0) is 16.0 Å². The number of nitrogens with one attached hydrogen (secondary N) is 2. The van der Waals surface area contributed by atoms with Crippen LogP contribution in [0.3, 0.4) is 0 Å². The summed E-state index contributed by atoms with van der Waals surface area (Å²) in [6.45, 7) is 2.01. The van der Waals surface area contributed by atoms with Gasteiger partial charge in [0.1, 0.15) is 0 Å². The molecule has 0 fully saturated rings. The van der Waals surface area contributed by atoms with Crippen LogP contribution in [0.1, 0.15) is 12.5 Å². The van der Waals surface area contributed by atoms with Crippen molar-refractivity contribution in [2.24, 2.45) is 0 Å². The fourth-order valence-electron chi connectivity index (χ4n) is 2.04. The molecule has 2 rings (SSSR count). The summed E-state index contributed by atoms with van der Waals surface area (Å²) in [4.78, 5) is 24.7. The van der Waals surface area contributed by atoms with E-state index in [4.69, 9.17) is 0 Å². The number of anilines is 1. The van der Waals surface area contributed by atoms with E-state index in [1.165, 1.54) is 11.8 Å². The standard InChI is InChI=1S/C18H20N2O2S/c1-2-14-8-6-7-11-16(14)20-17(21)12-19-18(22)13-23-15-9-4-3-5-10-15/h3-11H,2,12-13H2,1H3,(H,19,22)(H,20,21). The number of thioether (sulfide) groups is 1. The highest BCUT2D eigenvalue weighted by Crippen LogP contribution is 2.16. The third kappa shape index (κ3) is 5.79. The molecule has 2 N–H and O–H groups in total. The number of hydrogen-bond donors (Lipinski definition) is 2. The number of carbonyl (C=O) groups excluding carboxylic acids is 2. The Balaban J connectivity index is 1.74. The Morgan fingerprint density at radius 1 is 0.957 bits per heavy atom. The van der Waals surface area contributed by atoms with Gasteiger partial charge in [0.05, 0.1) is 12.3 Å². The molecule has 120 valence electrons. The van der Waals surface area contributed by atoms with Crippen LogP contribution < -0.4 is 10.6 Å². The van der Waals surface area contributed by atoms with Crippen molar-refractivity contribution in [1.29, 1.82) is 0 Å². The predicted molar refractivity (Wildman–Crippen MR) is 94.6 cm³/mol. The Bertz CT molecular complexity index is 659. The van der Waals surface area contributed by atoms with Gasteiger partial charge in [0.25, 0.3) is 0 Å². The van der Waals surface area contributed by atoms with Crippen molar-refractivity contribution in [3.8, 4) is 0 Å². The second kappa shape index (κ2) is 9.00. The summed E-state index contributed by atoms with van der Waals surface area (Å²) < 4.78 is 0. The van der Waals surface area contributed by atoms with E-state index in [2.05, 4.69) is 10.6 Å². The van der Waals surface area contributed by atoms with Gasteiger partial charge in [0.2, 0.25) is 11.8 Å². The van der Waals surface area contributed by atoms with Crippen LogP contribution in [0.15, 0.2) is 59.5 Å². The lowest BCUT2D eigenvalue weighted by Gasteiger charge is -2.10. The summed E-state index contributed by atoms with van der Waals surface area (Å²) in [5, 5.41) is 5.47. The predicted octanol–water partition coefficient (Wildman–Crippen LogP) is 3.10. The van der Waals surface area contributed by atoms with E-state index in [1.54, 1.807) is 0 Å². The van der Waals surface area contributed by atoms with Crippen molar-refractivity contribution in [2.75, 3.05) is 17.6 Å². The van der Waals surface area contributed by atoms with Crippen LogP contribution in [0.4, 0.5) is 5.69 Å². The summed E-state index contributed by atoms with van der Waals surface area (Å²) in [5.74, 6) is -0.0789. The molecule has 0 aliphatic carbocycles. The van der Waals surface area contributed by atoms with E-state index in [-0.39, 0.29) is 18.4 Å². The summed E-state index contributed by atoms with van der Waals surface area (Å²) in [5.41, 5.74) is 1.87. The molecule has 5 heteroatoms. The first kappa shape index (κ1) is 17.1. The van der Waals surface area contributed by atoms with Gasteiger partial charge >= 0.3 is 0 Å². The number of benzene rings is 2. The Morgan fingerprint density at radius 2 is 1.65 bits per heavy atom. The zero-order valence-electron chi connectivity index (χ0n) is 13.0. The molecule has 0 aliphatic heterocycles. The second-order valence-electron chi connectivity index (χ2n) is 4.94. The molecule has 23 heavy (non-hydrogen) atoms. The molecule has 2 amide bonds. The molecule has 0 bridgehead atoms. The highest BCUT2D eigenvalue weighted by Gasteiger charge is 2.08. The maximum atomic E-state index is 11.9. The van der Waals surface area contributed by atoms with Crippen molar-refractivity contribution in [3.63, 3.8) is 0 Å². The normalized spacial score (nSPS) is 10.1. The second-order valence-corrected chi connectivity index (χ2v) is 5.99. The Morgan fingerprint density at radius 3 is 2.39 bits per heavy atom. The van der Waals surface area contributed by atoms with Crippen molar-refractivity contribution >= 4 is 29.3 Å².